The van der Waals surface area contributed by atoms with Crippen LogP contribution in [0.5, 0.6) is 0 Å². The third-order valence-electron chi connectivity index (χ3n) is 5.97. The van der Waals surface area contributed by atoms with E-state index in [0.717, 1.165) is 12.0 Å². The number of carbonyl (C=O) groups is 1. The Balaban J connectivity index is 1.38. The maximum absolute atomic E-state index is 13.9. The highest BCUT2D eigenvalue weighted by Crippen LogP contribution is 2.40. The van der Waals surface area contributed by atoms with Crippen molar-refractivity contribution < 1.29 is 13.6 Å². The molecular weight excluding hydrogens is 402 g/mol. The van der Waals surface area contributed by atoms with Gasteiger partial charge in [-0.1, -0.05) is 6.08 Å². The SMILES string of the molecule is Cc1nc(C2=CC3CN(C(=O)c4ccc(F)cc4-n4nccn4)CC3C2)nc(C)c1F. The maximum atomic E-state index is 13.9. The Morgan fingerprint density at radius 1 is 1.06 bits per heavy atom. The number of aromatic nitrogens is 5. The Hall–Kier alpha value is -3.49. The van der Waals surface area contributed by atoms with E-state index in [1.54, 1.807) is 18.7 Å². The molecule has 0 saturated carbocycles. The Morgan fingerprint density at radius 2 is 1.77 bits per heavy atom. The van der Waals surface area contributed by atoms with Gasteiger partial charge in [-0.3, -0.25) is 4.79 Å². The van der Waals surface area contributed by atoms with Crippen molar-refractivity contribution in [1.82, 2.24) is 29.9 Å². The fourth-order valence-corrected chi connectivity index (χ4v) is 4.45. The van der Waals surface area contributed by atoms with Crippen molar-refractivity contribution in [2.45, 2.75) is 20.3 Å². The first-order chi connectivity index (χ1) is 14.9. The fraction of sp³-hybridized carbons (Fsp3) is 0.318. The maximum Gasteiger partial charge on any atom is 0.256 e. The summed E-state index contributed by atoms with van der Waals surface area (Å²) < 4.78 is 27.7. The first-order valence-corrected chi connectivity index (χ1v) is 10.1. The quantitative estimate of drug-likeness (QED) is 0.648. The van der Waals surface area contributed by atoms with Crippen LogP contribution in [0.25, 0.3) is 11.3 Å². The van der Waals surface area contributed by atoms with Crippen LogP contribution in [-0.2, 0) is 0 Å². The van der Waals surface area contributed by atoms with Crippen LogP contribution in [-0.4, -0.2) is 48.9 Å². The normalized spacial score (nSPS) is 20.1. The molecule has 5 rings (SSSR count). The minimum atomic E-state index is -0.459. The predicted octanol–water partition coefficient (Wildman–Crippen LogP) is 3.13. The molecule has 3 heterocycles. The molecule has 1 fully saturated rings. The number of rotatable bonds is 3. The Labute approximate surface area is 177 Å². The molecule has 0 radical (unpaired) electrons. The number of benzene rings is 1. The highest BCUT2D eigenvalue weighted by atomic mass is 19.1. The van der Waals surface area contributed by atoms with Gasteiger partial charge in [0, 0.05) is 19.2 Å². The van der Waals surface area contributed by atoms with Gasteiger partial charge >= 0.3 is 0 Å². The Bertz CT molecular complexity index is 1180. The van der Waals surface area contributed by atoms with Gasteiger partial charge in [0.05, 0.1) is 29.3 Å². The largest absolute Gasteiger partial charge is 0.338 e. The smallest absolute Gasteiger partial charge is 0.256 e. The van der Waals surface area contributed by atoms with Crippen LogP contribution in [0.1, 0.15) is 34.0 Å². The van der Waals surface area contributed by atoms with Crippen molar-refractivity contribution in [3.8, 4) is 5.69 Å². The Kier molecular flexibility index (Phi) is 4.60. The summed E-state index contributed by atoms with van der Waals surface area (Å²) in [5, 5.41) is 8.07. The number of carbonyl (C=O) groups excluding carboxylic acids is 1. The molecule has 7 nitrogen and oxygen atoms in total. The summed E-state index contributed by atoms with van der Waals surface area (Å²) in [6.07, 6.45) is 5.79. The van der Waals surface area contributed by atoms with Gasteiger partial charge in [-0.05, 0) is 49.8 Å². The van der Waals surface area contributed by atoms with Gasteiger partial charge in [0.1, 0.15) is 11.5 Å². The van der Waals surface area contributed by atoms with Crippen LogP contribution in [0.15, 0.2) is 36.7 Å². The van der Waals surface area contributed by atoms with Crippen molar-refractivity contribution in [1.29, 1.82) is 0 Å². The van der Waals surface area contributed by atoms with E-state index in [9.17, 15) is 13.6 Å². The molecule has 2 aromatic heterocycles. The number of likely N-dealkylation sites (tertiary alicyclic amines) is 1. The number of allylic oxidation sites excluding steroid dienone is 1. The molecule has 2 aliphatic rings. The molecule has 2 atom stereocenters. The van der Waals surface area contributed by atoms with Crippen LogP contribution in [0.3, 0.4) is 0 Å². The van der Waals surface area contributed by atoms with Crippen LogP contribution >= 0.6 is 0 Å². The second kappa shape index (κ2) is 7.33. The molecule has 1 amide bonds. The molecule has 1 saturated heterocycles. The summed E-state index contributed by atoms with van der Waals surface area (Å²) in [6.45, 7) is 4.40. The van der Waals surface area contributed by atoms with E-state index in [1.165, 1.54) is 35.4 Å². The first kappa shape index (κ1) is 19.5. The third kappa shape index (κ3) is 3.39. The number of halogens is 2. The average molecular weight is 422 g/mol. The molecule has 2 unspecified atom stereocenters. The van der Waals surface area contributed by atoms with Crippen LogP contribution in [0, 0.1) is 37.3 Å². The number of aryl methyl sites for hydroxylation is 2. The molecule has 1 aromatic carbocycles. The topological polar surface area (TPSA) is 76.8 Å². The van der Waals surface area contributed by atoms with Crippen molar-refractivity contribution in [3.05, 3.63) is 71.1 Å². The number of fused-ring (bicyclic) bond motifs is 1. The number of hydrogen-bond acceptors (Lipinski definition) is 5. The monoisotopic (exact) mass is 422 g/mol. The number of nitrogens with zero attached hydrogens (tertiary/aromatic N) is 6. The van der Waals surface area contributed by atoms with Crippen LogP contribution < -0.4 is 0 Å². The third-order valence-corrected chi connectivity index (χ3v) is 5.97. The van der Waals surface area contributed by atoms with Gasteiger partial charge < -0.3 is 4.90 Å². The molecule has 0 spiro atoms. The molecule has 1 aliphatic heterocycles. The predicted molar refractivity (Wildman–Crippen MR) is 108 cm³/mol. The first-order valence-electron chi connectivity index (χ1n) is 10.1. The molecule has 0 N–H and O–H groups in total. The van der Waals surface area contributed by atoms with E-state index in [0.29, 0.717) is 41.6 Å². The Morgan fingerprint density at radius 3 is 2.45 bits per heavy atom. The van der Waals surface area contributed by atoms with Gasteiger partial charge in [0.25, 0.3) is 5.91 Å². The van der Waals surface area contributed by atoms with E-state index in [1.807, 2.05) is 0 Å². The molecule has 9 heteroatoms. The molecule has 31 heavy (non-hydrogen) atoms. The summed E-state index contributed by atoms with van der Waals surface area (Å²) in [7, 11) is 0. The lowest BCUT2D eigenvalue weighted by Crippen LogP contribution is -2.30. The van der Waals surface area contributed by atoms with Crippen LogP contribution in [0.4, 0.5) is 8.78 Å². The highest BCUT2D eigenvalue weighted by molar-refractivity contribution is 5.98. The molecule has 3 aromatic rings. The second-order valence-corrected chi connectivity index (χ2v) is 8.04. The minimum Gasteiger partial charge on any atom is -0.338 e. The zero-order chi connectivity index (χ0) is 21.7. The summed E-state index contributed by atoms with van der Waals surface area (Å²) in [5.41, 5.74) is 2.35. The summed E-state index contributed by atoms with van der Waals surface area (Å²) in [6, 6.07) is 4.01. The van der Waals surface area contributed by atoms with Gasteiger partial charge in [0.15, 0.2) is 11.6 Å². The van der Waals surface area contributed by atoms with Gasteiger partial charge in [-0.25, -0.2) is 18.7 Å². The average Bonchev–Trinajstić information content (AvgIpc) is 3.47. The molecule has 0 bridgehead atoms. The van der Waals surface area contributed by atoms with E-state index < -0.39 is 5.82 Å². The minimum absolute atomic E-state index is 0.179. The van der Waals surface area contributed by atoms with Gasteiger partial charge in [-0.15, -0.1) is 0 Å². The summed E-state index contributed by atoms with van der Waals surface area (Å²) >= 11 is 0. The standard InChI is InChI=1S/C22H20F2N6O/c1-12-20(24)13(2)28-21(27-12)14-7-15-10-29(11-16(15)8-14)22(31)18-4-3-17(23)9-19(18)30-25-5-6-26-30/h3-7,9,15-16H,8,10-11H2,1-2H3. The number of amides is 1. The van der Waals surface area contributed by atoms with Crippen molar-refractivity contribution in [2.75, 3.05) is 13.1 Å². The van der Waals surface area contributed by atoms with E-state index in [2.05, 4.69) is 26.2 Å². The van der Waals surface area contributed by atoms with Gasteiger partial charge in [0.2, 0.25) is 0 Å². The van der Waals surface area contributed by atoms with E-state index in [4.69, 9.17) is 0 Å². The second-order valence-electron chi connectivity index (χ2n) is 8.04. The van der Waals surface area contributed by atoms with Crippen molar-refractivity contribution in [3.63, 3.8) is 0 Å². The fourth-order valence-electron chi connectivity index (χ4n) is 4.45. The van der Waals surface area contributed by atoms with E-state index in [-0.39, 0.29) is 23.6 Å². The highest BCUT2D eigenvalue weighted by Gasteiger charge is 2.39. The van der Waals surface area contributed by atoms with Crippen molar-refractivity contribution in [2.24, 2.45) is 11.8 Å². The lowest BCUT2D eigenvalue weighted by molar-refractivity contribution is 0.0784. The summed E-state index contributed by atoms with van der Waals surface area (Å²) in [5.74, 6) is -0.0174. The molecule has 1 aliphatic carbocycles. The van der Waals surface area contributed by atoms with Crippen molar-refractivity contribution >= 4 is 11.5 Å². The summed E-state index contributed by atoms with van der Waals surface area (Å²) in [4.78, 5) is 24.9. The molecule has 158 valence electrons. The zero-order valence-corrected chi connectivity index (χ0v) is 17.1. The molecular formula is C22H20F2N6O. The lowest BCUT2D eigenvalue weighted by atomic mass is 10.00. The number of hydrogen-bond donors (Lipinski definition) is 0. The van der Waals surface area contributed by atoms with Gasteiger partial charge in [-0.2, -0.15) is 15.0 Å². The zero-order valence-electron chi connectivity index (χ0n) is 17.1. The van der Waals surface area contributed by atoms with E-state index >= 15 is 0 Å². The van der Waals surface area contributed by atoms with Crippen LogP contribution in [0.2, 0.25) is 0 Å². The lowest BCUT2D eigenvalue weighted by Gasteiger charge is -2.19.